The van der Waals surface area contributed by atoms with Crippen LogP contribution in [-0.4, -0.2) is 36.0 Å². The minimum absolute atomic E-state index is 0.0372. The van der Waals surface area contributed by atoms with Gasteiger partial charge in [0.25, 0.3) is 0 Å². The number of hydrogen-bond donors (Lipinski definition) is 1. The van der Waals surface area contributed by atoms with E-state index >= 15 is 0 Å². The molecule has 1 amide bonds. The number of carbonyl (C=O) groups is 1. The van der Waals surface area contributed by atoms with Crippen LogP contribution < -0.4 is 5.32 Å². The lowest BCUT2D eigenvalue weighted by atomic mass is 9.82. The van der Waals surface area contributed by atoms with Crippen molar-refractivity contribution in [2.75, 3.05) is 7.05 Å². The molecule has 0 radical (unpaired) electrons. The molecule has 2 aliphatic heterocycles. The van der Waals surface area contributed by atoms with Crippen LogP contribution in [0.3, 0.4) is 0 Å². The summed E-state index contributed by atoms with van der Waals surface area (Å²) in [4.78, 5) is 15.4. The van der Waals surface area contributed by atoms with Gasteiger partial charge in [0.05, 0.1) is 5.41 Å². The molecule has 3 fully saturated rings. The first-order chi connectivity index (χ1) is 11.1. The Morgan fingerprint density at radius 1 is 1.22 bits per heavy atom. The highest BCUT2D eigenvalue weighted by atomic mass is 19.1. The van der Waals surface area contributed by atoms with Crippen molar-refractivity contribution in [3.8, 4) is 0 Å². The van der Waals surface area contributed by atoms with Gasteiger partial charge in [0.15, 0.2) is 0 Å². The Bertz CT molecular complexity index is 599. The number of benzene rings is 1. The molecule has 1 N–H and O–H groups in total. The van der Waals surface area contributed by atoms with E-state index in [1.807, 2.05) is 6.07 Å². The van der Waals surface area contributed by atoms with Gasteiger partial charge in [-0.1, -0.05) is 24.6 Å². The number of fused-ring (bicyclic) bond motifs is 2. The molecule has 4 rings (SSSR count). The molecule has 0 spiro atoms. The predicted octanol–water partition coefficient (Wildman–Crippen LogP) is 2.99. The molecule has 2 unspecified atom stereocenters. The van der Waals surface area contributed by atoms with Gasteiger partial charge in [-0.05, 0) is 51.6 Å². The molecule has 124 valence electrons. The van der Waals surface area contributed by atoms with Crippen molar-refractivity contribution in [2.45, 2.75) is 68.5 Å². The number of nitrogens with zero attached hydrogens (tertiary/aromatic N) is 1. The fourth-order valence-electron chi connectivity index (χ4n) is 4.65. The van der Waals surface area contributed by atoms with Crippen LogP contribution in [-0.2, 0) is 10.2 Å². The van der Waals surface area contributed by atoms with Crippen LogP contribution >= 0.6 is 0 Å². The predicted molar refractivity (Wildman–Crippen MR) is 87.7 cm³/mol. The van der Waals surface area contributed by atoms with E-state index in [1.165, 1.54) is 25.3 Å². The molecule has 2 saturated heterocycles. The van der Waals surface area contributed by atoms with Gasteiger partial charge in [-0.25, -0.2) is 4.39 Å². The standard InChI is InChI=1S/C19H25FN2O/c1-22-14-5-4-6-15(22)12-13(11-14)21-18(23)19(9-10-19)16-7-2-3-8-17(16)20/h2-3,7-8,13-15H,4-6,9-12H2,1H3,(H,21,23). The van der Waals surface area contributed by atoms with Gasteiger partial charge in [0, 0.05) is 23.7 Å². The van der Waals surface area contributed by atoms with Crippen LogP contribution in [0.15, 0.2) is 24.3 Å². The first kappa shape index (κ1) is 15.1. The smallest absolute Gasteiger partial charge is 0.230 e. The van der Waals surface area contributed by atoms with E-state index in [4.69, 9.17) is 0 Å². The molecule has 23 heavy (non-hydrogen) atoms. The van der Waals surface area contributed by atoms with Gasteiger partial charge in [0.1, 0.15) is 5.82 Å². The lowest BCUT2D eigenvalue weighted by molar-refractivity contribution is -0.125. The van der Waals surface area contributed by atoms with Crippen molar-refractivity contribution in [1.29, 1.82) is 0 Å². The van der Waals surface area contributed by atoms with Crippen LogP contribution in [0.25, 0.3) is 0 Å². The quantitative estimate of drug-likeness (QED) is 0.930. The Morgan fingerprint density at radius 3 is 2.48 bits per heavy atom. The fourth-order valence-corrected chi connectivity index (χ4v) is 4.65. The van der Waals surface area contributed by atoms with E-state index in [0.717, 1.165) is 25.7 Å². The van der Waals surface area contributed by atoms with Crippen molar-refractivity contribution in [2.24, 2.45) is 0 Å². The lowest BCUT2D eigenvalue weighted by Gasteiger charge is -2.47. The van der Waals surface area contributed by atoms with Gasteiger partial charge in [-0.3, -0.25) is 4.79 Å². The summed E-state index contributed by atoms with van der Waals surface area (Å²) in [5.41, 5.74) is -0.0327. The summed E-state index contributed by atoms with van der Waals surface area (Å²) in [6, 6.07) is 8.18. The average molecular weight is 316 g/mol. The molecule has 1 aromatic rings. The minimum Gasteiger partial charge on any atom is -0.352 e. The van der Waals surface area contributed by atoms with E-state index in [1.54, 1.807) is 12.1 Å². The summed E-state index contributed by atoms with van der Waals surface area (Å²) in [5.74, 6) is -0.212. The molecule has 4 heteroatoms. The van der Waals surface area contributed by atoms with Gasteiger partial charge >= 0.3 is 0 Å². The minimum atomic E-state index is -0.607. The maximum absolute atomic E-state index is 14.1. The first-order valence-electron chi connectivity index (χ1n) is 8.88. The Balaban J connectivity index is 1.47. The topological polar surface area (TPSA) is 32.3 Å². The number of nitrogens with one attached hydrogen (secondary N) is 1. The van der Waals surface area contributed by atoms with E-state index in [2.05, 4.69) is 17.3 Å². The van der Waals surface area contributed by atoms with E-state index in [-0.39, 0.29) is 17.8 Å². The SMILES string of the molecule is CN1C2CCCC1CC(NC(=O)C1(c3ccccc3F)CC1)C2. The Morgan fingerprint density at radius 2 is 1.87 bits per heavy atom. The second-order valence-corrected chi connectivity index (χ2v) is 7.61. The van der Waals surface area contributed by atoms with Gasteiger partial charge in [-0.15, -0.1) is 0 Å². The summed E-state index contributed by atoms with van der Waals surface area (Å²) >= 11 is 0. The number of carbonyl (C=O) groups excluding carboxylic acids is 1. The van der Waals surface area contributed by atoms with Crippen LogP contribution in [0.4, 0.5) is 4.39 Å². The van der Waals surface area contributed by atoms with E-state index in [9.17, 15) is 9.18 Å². The van der Waals surface area contributed by atoms with Crippen LogP contribution in [0.1, 0.15) is 50.5 Å². The van der Waals surface area contributed by atoms with Crippen molar-refractivity contribution in [1.82, 2.24) is 10.2 Å². The zero-order valence-corrected chi connectivity index (χ0v) is 13.7. The second kappa shape index (κ2) is 5.59. The largest absolute Gasteiger partial charge is 0.352 e. The Hall–Kier alpha value is -1.42. The molecular formula is C19H25FN2O. The van der Waals surface area contributed by atoms with Crippen molar-refractivity contribution >= 4 is 5.91 Å². The normalized spacial score (nSPS) is 32.3. The first-order valence-corrected chi connectivity index (χ1v) is 8.88. The summed E-state index contributed by atoms with van der Waals surface area (Å²) in [6.45, 7) is 0. The van der Waals surface area contributed by atoms with Crippen LogP contribution in [0.5, 0.6) is 0 Å². The number of amides is 1. The van der Waals surface area contributed by atoms with Crippen molar-refractivity contribution < 1.29 is 9.18 Å². The molecule has 2 heterocycles. The molecule has 3 aliphatic rings. The van der Waals surface area contributed by atoms with E-state index < -0.39 is 5.41 Å². The third kappa shape index (κ3) is 2.57. The number of piperidine rings is 2. The average Bonchev–Trinajstić information content (AvgIpc) is 3.30. The maximum atomic E-state index is 14.1. The van der Waals surface area contributed by atoms with Gasteiger partial charge in [0.2, 0.25) is 5.91 Å². The number of hydrogen-bond acceptors (Lipinski definition) is 2. The highest BCUT2D eigenvalue weighted by molar-refractivity contribution is 5.91. The third-order valence-electron chi connectivity index (χ3n) is 6.25. The van der Waals surface area contributed by atoms with Gasteiger partial charge in [-0.2, -0.15) is 0 Å². The van der Waals surface area contributed by atoms with Gasteiger partial charge < -0.3 is 10.2 Å². The lowest BCUT2D eigenvalue weighted by Crippen LogP contribution is -2.56. The molecule has 2 atom stereocenters. The monoisotopic (exact) mass is 316 g/mol. The summed E-state index contributed by atoms with van der Waals surface area (Å²) in [7, 11) is 2.22. The summed E-state index contributed by atoms with van der Waals surface area (Å²) in [6.07, 6.45) is 7.37. The highest BCUT2D eigenvalue weighted by Gasteiger charge is 2.53. The van der Waals surface area contributed by atoms with Crippen LogP contribution in [0, 0.1) is 5.82 Å². The molecule has 0 aromatic heterocycles. The second-order valence-electron chi connectivity index (χ2n) is 7.61. The van der Waals surface area contributed by atoms with Crippen molar-refractivity contribution in [3.05, 3.63) is 35.6 Å². The molecule has 3 nitrogen and oxygen atoms in total. The highest BCUT2D eigenvalue weighted by Crippen LogP contribution is 2.49. The van der Waals surface area contributed by atoms with E-state index in [0.29, 0.717) is 17.6 Å². The summed E-state index contributed by atoms with van der Waals surface area (Å²) in [5, 5.41) is 3.26. The Kier molecular flexibility index (Phi) is 3.67. The fraction of sp³-hybridized carbons (Fsp3) is 0.632. The number of rotatable bonds is 3. The van der Waals surface area contributed by atoms with Crippen molar-refractivity contribution in [3.63, 3.8) is 0 Å². The molecule has 1 aliphatic carbocycles. The zero-order valence-electron chi connectivity index (χ0n) is 13.7. The molecule has 1 aromatic carbocycles. The summed E-state index contributed by atoms with van der Waals surface area (Å²) < 4.78 is 14.1. The zero-order chi connectivity index (χ0) is 16.0. The van der Waals surface area contributed by atoms with Crippen LogP contribution in [0.2, 0.25) is 0 Å². The maximum Gasteiger partial charge on any atom is 0.230 e. The molecular weight excluding hydrogens is 291 g/mol. The third-order valence-corrected chi connectivity index (χ3v) is 6.25. The molecule has 2 bridgehead atoms. The molecule has 1 saturated carbocycles. The Labute approximate surface area is 137 Å². The number of halogens is 1.